The molecule has 2 aromatic carbocycles. The van der Waals surface area contributed by atoms with Crippen LogP contribution in [0, 0.1) is 0 Å². The Morgan fingerprint density at radius 1 is 0.939 bits per heavy atom. The van der Waals surface area contributed by atoms with Crippen molar-refractivity contribution in [3.05, 3.63) is 81.7 Å². The molecule has 49 heavy (non-hydrogen) atoms. The molecule has 16 heteroatoms. The van der Waals surface area contributed by atoms with Gasteiger partial charge in [0, 0.05) is 30.4 Å². The molecule has 1 heterocycles. The van der Waals surface area contributed by atoms with Crippen LogP contribution in [0.1, 0.15) is 31.2 Å². The average molecular weight is 714 g/mol. The molecule has 268 valence electrons. The summed E-state index contributed by atoms with van der Waals surface area (Å²) in [5.41, 5.74) is -2.51. The molecule has 1 amide bonds. The van der Waals surface area contributed by atoms with Crippen LogP contribution in [0.5, 0.6) is 11.5 Å². The van der Waals surface area contributed by atoms with E-state index in [1.54, 1.807) is 30.3 Å². The monoisotopic (exact) mass is 713 g/mol. The Balaban J connectivity index is 1.42. The van der Waals surface area contributed by atoms with Crippen LogP contribution in [0.4, 0.5) is 18.0 Å². The number of methoxy groups -OCH3 is 2. The second-order valence-electron chi connectivity index (χ2n) is 10.6. The second kappa shape index (κ2) is 18.9. The van der Waals surface area contributed by atoms with Gasteiger partial charge in [0.2, 0.25) is 0 Å². The third-order valence-electron chi connectivity index (χ3n) is 7.14. The Morgan fingerprint density at radius 3 is 2.24 bits per heavy atom. The van der Waals surface area contributed by atoms with Crippen molar-refractivity contribution in [2.45, 2.75) is 38.0 Å². The van der Waals surface area contributed by atoms with Gasteiger partial charge in [0.05, 0.1) is 44.5 Å². The van der Waals surface area contributed by atoms with E-state index in [4.69, 9.17) is 30.5 Å². The number of carbonyl (C=O) groups is 3. The predicted octanol–water partition coefficient (Wildman–Crippen LogP) is 4.38. The zero-order valence-electron chi connectivity index (χ0n) is 27.2. The van der Waals surface area contributed by atoms with Gasteiger partial charge in [0.1, 0.15) is 18.4 Å². The number of dihydropyridines is 1. The fourth-order valence-corrected chi connectivity index (χ4v) is 5.08. The summed E-state index contributed by atoms with van der Waals surface area (Å²) in [4.78, 5) is 37.9. The first kappa shape index (κ1) is 39.0. The molecule has 0 aromatic heterocycles. The summed E-state index contributed by atoms with van der Waals surface area (Å²) in [6.45, 7) is 1.97. The number of aliphatic hydroxyl groups excluding tert-OH is 1. The van der Waals surface area contributed by atoms with Crippen LogP contribution in [-0.4, -0.2) is 89.1 Å². The summed E-state index contributed by atoms with van der Waals surface area (Å²) < 4.78 is 68.0. The van der Waals surface area contributed by atoms with Gasteiger partial charge in [-0.05, 0) is 43.5 Å². The fourth-order valence-electron chi connectivity index (χ4n) is 4.84. The maximum atomic E-state index is 14.0. The minimum absolute atomic E-state index is 0.00547. The molecule has 0 saturated heterocycles. The Bertz CT molecular complexity index is 1520. The third-order valence-corrected chi connectivity index (χ3v) is 7.49. The van der Waals surface area contributed by atoms with E-state index >= 15 is 0 Å². The van der Waals surface area contributed by atoms with Gasteiger partial charge in [0.15, 0.2) is 11.5 Å². The van der Waals surface area contributed by atoms with Gasteiger partial charge in [-0.1, -0.05) is 41.9 Å². The van der Waals surface area contributed by atoms with E-state index in [2.05, 4.69) is 20.7 Å². The summed E-state index contributed by atoms with van der Waals surface area (Å²) in [7, 11) is 2.46. The van der Waals surface area contributed by atoms with E-state index in [0.717, 1.165) is 7.11 Å². The van der Waals surface area contributed by atoms with Crippen LogP contribution < -0.4 is 25.4 Å². The van der Waals surface area contributed by atoms with Crippen molar-refractivity contribution in [3.63, 3.8) is 0 Å². The van der Waals surface area contributed by atoms with E-state index in [1.165, 1.54) is 32.2 Å². The number of halogens is 4. The summed E-state index contributed by atoms with van der Waals surface area (Å²) in [6, 6.07) is 13.0. The molecule has 12 nitrogen and oxygen atoms in total. The molecule has 0 bridgehead atoms. The van der Waals surface area contributed by atoms with E-state index in [9.17, 15) is 32.7 Å². The molecule has 2 atom stereocenters. The van der Waals surface area contributed by atoms with Gasteiger partial charge in [-0.2, -0.15) is 13.2 Å². The molecule has 4 N–H and O–H groups in total. The maximum absolute atomic E-state index is 14.0. The first-order chi connectivity index (χ1) is 23.4. The number of carbonyl (C=O) groups excluding carboxylic acids is 3. The summed E-state index contributed by atoms with van der Waals surface area (Å²) in [5.74, 6) is -2.71. The van der Waals surface area contributed by atoms with Crippen molar-refractivity contribution >= 4 is 29.6 Å². The number of alkyl halides is 3. The average Bonchev–Trinajstić information content (AvgIpc) is 3.07. The van der Waals surface area contributed by atoms with Crippen molar-refractivity contribution in [1.82, 2.24) is 16.0 Å². The number of nitrogens with one attached hydrogen (secondary N) is 3. The highest BCUT2D eigenvalue weighted by Gasteiger charge is 2.47. The number of aliphatic hydroxyl groups is 1. The summed E-state index contributed by atoms with van der Waals surface area (Å²) in [5, 5.41) is 17.8. The van der Waals surface area contributed by atoms with Crippen LogP contribution in [0.25, 0.3) is 0 Å². The highest BCUT2D eigenvalue weighted by Crippen LogP contribution is 2.45. The van der Waals surface area contributed by atoms with Crippen molar-refractivity contribution in [2.24, 2.45) is 0 Å². The standard InChI is InChI=1S/C33H39ClF3N3O9/c1-20-26(27(22-10-4-5-11-23(22)34)28(30(42)46-3)29(40-20)33(35,36)37)31(43)47-16-8-9-17-48-32(44)39-15-14-38-18-21(41)19-49-25-13-7-6-12-24(25)45-2/h4-7,10-13,21,27,38,40-41H,8-9,14-19H2,1-3H3,(H,39,44). The fraction of sp³-hybridized carbons (Fsp3) is 0.424. The highest BCUT2D eigenvalue weighted by molar-refractivity contribution is 6.31. The number of alkyl carbamates (subject to hydrolysis) is 1. The first-order valence-electron chi connectivity index (χ1n) is 15.2. The number of ether oxygens (including phenoxy) is 5. The SMILES string of the molecule is COC(=O)C1=C(C(F)(F)F)NC(C)=C(C(=O)OCCCCOC(=O)NCCNCC(O)COc2ccccc2OC)C1c1ccccc1Cl. The Kier molecular flexibility index (Phi) is 15.0. The molecule has 3 rings (SSSR count). The number of benzene rings is 2. The number of unbranched alkanes of at least 4 members (excludes halogenated alkanes) is 1. The number of rotatable bonds is 17. The summed E-state index contributed by atoms with van der Waals surface area (Å²) >= 11 is 6.32. The van der Waals surface area contributed by atoms with E-state index < -0.39 is 47.5 Å². The molecule has 0 aliphatic carbocycles. The van der Waals surface area contributed by atoms with Crippen molar-refractivity contribution < 1.29 is 56.3 Å². The minimum atomic E-state index is -4.97. The van der Waals surface area contributed by atoms with Gasteiger partial charge in [-0.25, -0.2) is 14.4 Å². The molecule has 0 saturated carbocycles. The topological polar surface area (TPSA) is 154 Å². The van der Waals surface area contributed by atoms with Crippen LogP contribution in [0.15, 0.2) is 71.1 Å². The molecular formula is C33H39ClF3N3O9. The van der Waals surface area contributed by atoms with Gasteiger partial charge in [-0.3, -0.25) is 0 Å². The molecule has 0 radical (unpaired) electrons. The van der Waals surface area contributed by atoms with Gasteiger partial charge < -0.3 is 44.7 Å². The Labute approximate surface area is 286 Å². The molecule has 1 aliphatic rings. The lowest BCUT2D eigenvalue weighted by Crippen LogP contribution is -2.38. The molecule has 2 aromatic rings. The number of hydrogen-bond acceptors (Lipinski definition) is 11. The second-order valence-corrected chi connectivity index (χ2v) is 11.0. The third kappa shape index (κ3) is 11.3. The van der Waals surface area contributed by atoms with E-state index in [-0.39, 0.29) is 61.2 Å². The van der Waals surface area contributed by atoms with Crippen molar-refractivity contribution in [1.29, 1.82) is 0 Å². The minimum Gasteiger partial charge on any atom is -0.493 e. The lowest BCUT2D eigenvalue weighted by molar-refractivity contribution is -0.140. The Hall–Kier alpha value is -4.47. The van der Waals surface area contributed by atoms with Gasteiger partial charge in [0.25, 0.3) is 0 Å². The smallest absolute Gasteiger partial charge is 0.431 e. The number of allylic oxidation sites excluding steroid dienone is 2. The molecular weight excluding hydrogens is 675 g/mol. The quantitative estimate of drug-likeness (QED) is 0.105. The Morgan fingerprint density at radius 2 is 1.59 bits per heavy atom. The molecule has 0 spiro atoms. The lowest BCUT2D eigenvalue weighted by Gasteiger charge is -2.32. The summed E-state index contributed by atoms with van der Waals surface area (Å²) in [6.07, 6.45) is -5.87. The van der Waals surface area contributed by atoms with Gasteiger partial charge in [-0.15, -0.1) is 0 Å². The number of amides is 1. The first-order valence-corrected chi connectivity index (χ1v) is 15.6. The van der Waals surface area contributed by atoms with Crippen LogP contribution in [0.2, 0.25) is 5.02 Å². The normalized spacial score (nSPS) is 15.2. The number of hydrogen-bond donors (Lipinski definition) is 4. The molecule has 1 aliphatic heterocycles. The largest absolute Gasteiger partial charge is 0.493 e. The zero-order chi connectivity index (χ0) is 36.0. The predicted molar refractivity (Wildman–Crippen MR) is 172 cm³/mol. The molecule has 0 fully saturated rings. The van der Waals surface area contributed by atoms with Gasteiger partial charge >= 0.3 is 24.2 Å². The van der Waals surface area contributed by atoms with E-state index in [1.807, 2.05) is 0 Å². The number of esters is 2. The lowest BCUT2D eigenvalue weighted by atomic mass is 9.80. The maximum Gasteiger partial charge on any atom is 0.431 e. The van der Waals surface area contributed by atoms with Crippen LogP contribution >= 0.6 is 11.6 Å². The van der Waals surface area contributed by atoms with Crippen LogP contribution in [0.3, 0.4) is 0 Å². The molecule has 2 unspecified atom stereocenters. The van der Waals surface area contributed by atoms with E-state index in [0.29, 0.717) is 24.5 Å². The highest BCUT2D eigenvalue weighted by atomic mass is 35.5. The van der Waals surface area contributed by atoms with Crippen molar-refractivity contribution in [3.8, 4) is 11.5 Å². The van der Waals surface area contributed by atoms with Crippen molar-refractivity contribution in [2.75, 3.05) is 53.7 Å². The zero-order valence-corrected chi connectivity index (χ0v) is 27.9. The van der Waals surface area contributed by atoms with Crippen LogP contribution in [-0.2, 0) is 23.8 Å². The number of para-hydroxylation sites is 2.